The summed E-state index contributed by atoms with van der Waals surface area (Å²) >= 11 is 1.14. The van der Waals surface area contributed by atoms with E-state index in [1.165, 1.54) is 6.92 Å². The minimum absolute atomic E-state index is 0.0711. The molecule has 0 bridgehead atoms. The van der Waals surface area contributed by atoms with Crippen LogP contribution in [0.4, 0.5) is 5.69 Å². The maximum atomic E-state index is 12.3. The number of benzene rings is 1. The Balaban J connectivity index is 1.77. The molecule has 23 heavy (non-hydrogen) atoms. The van der Waals surface area contributed by atoms with Gasteiger partial charge in [-0.05, 0) is 44.0 Å². The van der Waals surface area contributed by atoms with Crippen LogP contribution in [-0.4, -0.2) is 23.6 Å². The summed E-state index contributed by atoms with van der Waals surface area (Å²) in [5, 5.41) is 5.66. The van der Waals surface area contributed by atoms with Crippen molar-refractivity contribution in [1.82, 2.24) is 5.32 Å². The van der Waals surface area contributed by atoms with E-state index in [1.54, 1.807) is 36.4 Å². The van der Waals surface area contributed by atoms with E-state index in [1.807, 2.05) is 0 Å². The van der Waals surface area contributed by atoms with Crippen molar-refractivity contribution in [2.75, 3.05) is 5.32 Å². The molecular weight excluding hydrogens is 312 g/mol. The van der Waals surface area contributed by atoms with E-state index in [0.29, 0.717) is 21.0 Å². The zero-order valence-corrected chi connectivity index (χ0v) is 13.4. The van der Waals surface area contributed by atoms with Crippen molar-refractivity contribution in [2.24, 2.45) is 0 Å². The Bertz CT molecular complexity index is 778. The first-order valence-corrected chi connectivity index (χ1v) is 8.18. The van der Waals surface area contributed by atoms with Crippen molar-refractivity contribution >= 4 is 34.6 Å². The van der Waals surface area contributed by atoms with Crippen LogP contribution in [0.15, 0.2) is 36.4 Å². The number of hydrogen-bond acceptors (Lipinski definition) is 4. The number of amides is 2. The molecule has 2 N–H and O–H groups in total. The van der Waals surface area contributed by atoms with Crippen molar-refractivity contribution in [3.05, 3.63) is 51.7 Å². The Kier molecular flexibility index (Phi) is 4.25. The topological polar surface area (TPSA) is 75.3 Å². The van der Waals surface area contributed by atoms with E-state index in [9.17, 15) is 14.4 Å². The monoisotopic (exact) mass is 328 g/mol. The molecule has 2 amide bonds. The lowest BCUT2D eigenvalue weighted by Gasteiger charge is -2.10. The second-order valence-electron chi connectivity index (χ2n) is 5.47. The third-order valence-electron chi connectivity index (χ3n) is 3.51. The molecule has 5 nitrogen and oxygen atoms in total. The fourth-order valence-corrected chi connectivity index (χ4v) is 2.91. The van der Waals surface area contributed by atoms with Gasteiger partial charge < -0.3 is 10.6 Å². The van der Waals surface area contributed by atoms with Crippen molar-refractivity contribution in [3.8, 4) is 0 Å². The Morgan fingerprint density at radius 3 is 2.35 bits per heavy atom. The fraction of sp³-hybridized carbons (Fsp3) is 0.235. The predicted molar refractivity (Wildman–Crippen MR) is 89.2 cm³/mol. The molecule has 3 rings (SSSR count). The number of para-hydroxylation sites is 1. The number of carbonyl (C=O) groups is 3. The summed E-state index contributed by atoms with van der Waals surface area (Å²) in [6.45, 7) is 1.46. The van der Waals surface area contributed by atoms with E-state index in [2.05, 4.69) is 10.6 Å². The molecule has 1 aromatic carbocycles. The molecular formula is C17H16N2O3S. The summed E-state index contributed by atoms with van der Waals surface area (Å²) in [5.74, 6) is -0.577. The minimum atomic E-state index is -0.325. The van der Waals surface area contributed by atoms with Gasteiger partial charge in [-0.2, -0.15) is 0 Å². The van der Waals surface area contributed by atoms with Crippen LogP contribution in [0.1, 0.15) is 49.5 Å². The third-order valence-corrected chi connectivity index (χ3v) is 4.69. The average molecular weight is 328 g/mol. The van der Waals surface area contributed by atoms with Gasteiger partial charge in [0.15, 0.2) is 5.78 Å². The number of Topliss-reactive ketones (excluding diaryl/α,β-unsaturated/α-hetero) is 1. The first-order valence-electron chi connectivity index (χ1n) is 7.36. The lowest BCUT2D eigenvalue weighted by Crippen LogP contribution is -2.26. The average Bonchev–Trinajstić information content (AvgIpc) is 3.18. The molecule has 0 atom stereocenters. The molecule has 2 aromatic rings. The van der Waals surface area contributed by atoms with Crippen LogP contribution in [0, 0.1) is 0 Å². The molecule has 0 aliphatic heterocycles. The van der Waals surface area contributed by atoms with Crippen LogP contribution in [0.5, 0.6) is 0 Å². The first kappa shape index (κ1) is 15.4. The van der Waals surface area contributed by atoms with Gasteiger partial charge in [0.2, 0.25) is 0 Å². The van der Waals surface area contributed by atoms with Crippen LogP contribution < -0.4 is 10.6 Å². The number of rotatable bonds is 5. The zero-order valence-electron chi connectivity index (χ0n) is 12.6. The second kappa shape index (κ2) is 6.34. The highest BCUT2D eigenvalue weighted by Crippen LogP contribution is 2.23. The van der Waals surface area contributed by atoms with Gasteiger partial charge in [-0.25, -0.2) is 0 Å². The van der Waals surface area contributed by atoms with Gasteiger partial charge in [0.05, 0.1) is 21.0 Å². The predicted octanol–water partition coefficient (Wildman–Crippen LogP) is 3.10. The van der Waals surface area contributed by atoms with E-state index < -0.39 is 0 Å². The van der Waals surface area contributed by atoms with Gasteiger partial charge >= 0.3 is 0 Å². The van der Waals surface area contributed by atoms with Crippen LogP contribution in [-0.2, 0) is 0 Å². The molecule has 1 heterocycles. The van der Waals surface area contributed by atoms with Crippen LogP contribution in [0.3, 0.4) is 0 Å². The highest BCUT2D eigenvalue weighted by Gasteiger charge is 2.25. The lowest BCUT2D eigenvalue weighted by atomic mass is 10.1. The molecule has 1 aliphatic carbocycles. The smallest absolute Gasteiger partial charge is 0.265 e. The third kappa shape index (κ3) is 3.65. The molecule has 118 valence electrons. The maximum absolute atomic E-state index is 12.3. The van der Waals surface area contributed by atoms with Gasteiger partial charge in [0.25, 0.3) is 11.8 Å². The highest BCUT2D eigenvalue weighted by atomic mass is 32.1. The molecule has 1 saturated carbocycles. The minimum Gasteiger partial charge on any atom is -0.349 e. The largest absolute Gasteiger partial charge is 0.349 e. The van der Waals surface area contributed by atoms with Crippen molar-refractivity contribution in [2.45, 2.75) is 25.8 Å². The van der Waals surface area contributed by atoms with Gasteiger partial charge in [0.1, 0.15) is 0 Å². The SMILES string of the molecule is CC(=O)c1ccc(C(=O)Nc2ccccc2C(=O)NC2CC2)s1. The van der Waals surface area contributed by atoms with E-state index in [4.69, 9.17) is 0 Å². The summed E-state index contributed by atoms with van der Waals surface area (Å²) in [6.07, 6.45) is 2.01. The van der Waals surface area contributed by atoms with Crippen LogP contribution in [0.25, 0.3) is 0 Å². The van der Waals surface area contributed by atoms with Crippen molar-refractivity contribution in [1.29, 1.82) is 0 Å². The number of ketones is 1. The van der Waals surface area contributed by atoms with E-state index >= 15 is 0 Å². The van der Waals surface area contributed by atoms with Gasteiger partial charge in [-0.15, -0.1) is 11.3 Å². The Labute approximate surface area is 137 Å². The second-order valence-corrected chi connectivity index (χ2v) is 6.55. The zero-order chi connectivity index (χ0) is 16.4. The van der Waals surface area contributed by atoms with Crippen molar-refractivity contribution < 1.29 is 14.4 Å². The quantitative estimate of drug-likeness (QED) is 0.828. The van der Waals surface area contributed by atoms with Crippen LogP contribution in [0.2, 0.25) is 0 Å². The molecule has 1 aromatic heterocycles. The van der Waals surface area contributed by atoms with Crippen LogP contribution >= 0.6 is 11.3 Å². The number of thiophene rings is 1. The standard InChI is InChI=1S/C17H16N2O3S/c1-10(20)14-8-9-15(23-14)17(22)19-13-5-3-2-4-12(13)16(21)18-11-6-7-11/h2-5,8-9,11H,6-7H2,1H3,(H,18,21)(H,19,22). The van der Waals surface area contributed by atoms with E-state index in [0.717, 1.165) is 24.2 Å². The first-order chi connectivity index (χ1) is 11.0. The molecule has 1 fully saturated rings. The molecule has 6 heteroatoms. The molecule has 0 saturated heterocycles. The summed E-state index contributed by atoms with van der Waals surface area (Å²) < 4.78 is 0. The van der Waals surface area contributed by atoms with Crippen molar-refractivity contribution in [3.63, 3.8) is 0 Å². The lowest BCUT2D eigenvalue weighted by molar-refractivity contribution is 0.0951. The fourth-order valence-electron chi connectivity index (χ4n) is 2.11. The van der Waals surface area contributed by atoms with Gasteiger partial charge in [-0.3, -0.25) is 14.4 Å². The number of nitrogens with one attached hydrogen (secondary N) is 2. The Morgan fingerprint density at radius 2 is 1.70 bits per heavy atom. The molecule has 0 unspecified atom stereocenters. The maximum Gasteiger partial charge on any atom is 0.265 e. The van der Waals surface area contributed by atoms with Gasteiger partial charge in [-0.1, -0.05) is 12.1 Å². The molecule has 0 radical (unpaired) electrons. The normalized spacial score (nSPS) is 13.4. The highest BCUT2D eigenvalue weighted by molar-refractivity contribution is 7.16. The molecule has 1 aliphatic rings. The number of carbonyl (C=O) groups excluding carboxylic acids is 3. The Hall–Kier alpha value is -2.47. The Morgan fingerprint density at radius 1 is 1.00 bits per heavy atom. The van der Waals surface area contributed by atoms with E-state index in [-0.39, 0.29) is 23.6 Å². The molecule has 0 spiro atoms. The van der Waals surface area contributed by atoms with Gasteiger partial charge in [0, 0.05) is 6.04 Å². The summed E-state index contributed by atoms with van der Waals surface area (Å²) in [6, 6.07) is 10.4. The number of hydrogen-bond donors (Lipinski definition) is 2. The number of anilines is 1. The summed E-state index contributed by atoms with van der Waals surface area (Å²) in [7, 11) is 0. The summed E-state index contributed by atoms with van der Waals surface area (Å²) in [5.41, 5.74) is 0.907. The summed E-state index contributed by atoms with van der Waals surface area (Å²) in [4.78, 5) is 36.8.